The molecule has 0 aliphatic rings. The highest BCUT2D eigenvalue weighted by Crippen LogP contribution is 2.31. The number of hydrogen-bond acceptors (Lipinski definition) is 7. The first-order chi connectivity index (χ1) is 13.1. The Balaban J connectivity index is 2.43. The molecule has 0 amide bonds. The zero-order valence-corrected chi connectivity index (χ0v) is 18.4. The maximum Gasteiger partial charge on any atom is 0.227 e. The summed E-state index contributed by atoms with van der Waals surface area (Å²) in [6, 6.07) is 4.23. The van der Waals surface area contributed by atoms with Gasteiger partial charge in [-0.05, 0) is 30.0 Å². The lowest BCUT2D eigenvalue weighted by Crippen LogP contribution is -2.33. The molecule has 0 aliphatic heterocycles. The van der Waals surface area contributed by atoms with Gasteiger partial charge < -0.3 is 15.4 Å². The fraction of sp³-hybridized carbons (Fsp3) is 0.474. The van der Waals surface area contributed by atoms with Gasteiger partial charge in [-0.25, -0.2) is 13.4 Å². The summed E-state index contributed by atoms with van der Waals surface area (Å²) in [6.45, 7) is 9.90. The van der Waals surface area contributed by atoms with Gasteiger partial charge in [-0.2, -0.15) is 4.98 Å². The van der Waals surface area contributed by atoms with Crippen molar-refractivity contribution in [3.8, 4) is 5.75 Å². The number of methoxy groups -OCH3 is 1. The molecule has 0 unspecified atom stereocenters. The Labute approximate surface area is 171 Å². The minimum absolute atomic E-state index is 0.00238. The number of nitrogens with zero attached hydrogens (tertiary/aromatic N) is 3. The van der Waals surface area contributed by atoms with Gasteiger partial charge in [-0.15, -0.1) is 0 Å². The van der Waals surface area contributed by atoms with E-state index in [1.807, 2.05) is 4.90 Å². The minimum atomic E-state index is -3.91. The molecule has 1 aromatic heterocycles. The molecule has 0 spiro atoms. The molecule has 7 nitrogen and oxygen atoms in total. The first-order valence-electron chi connectivity index (χ1n) is 9.02. The summed E-state index contributed by atoms with van der Waals surface area (Å²) >= 11 is 6.07. The highest BCUT2D eigenvalue weighted by Gasteiger charge is 2.25. The Morgan fingerprint density at radius 2 is 1.79 bits per heavy atom. The summed E-state index contributed by atoms with van der Waals surface area (Å²) in [6.07, 6.45) is 1.26. The van der Waals surface area contributed by atoms with Gasteiger partial charge in [-0.1, -0.05) is 39.3 Å². The lowest BCUT2D eigenvalue weighted by molar-refractivity contribution is 0.414. The first kappa shape index (κ1) is 22.2. The van der Waals surface area contributed by atoms with Crippen LogP contribution in [0.2, 0.25) is 5.02 Å². The molecule has 2 aromatic rings. The van der Waals surface area contributed by atoms with E-state index in [1.165, 1.54) is 31.5 Å². The van der Waals surface area contributed by atoms with Crippen LogP contribution in [0.1, 0.15) is 27.7 Å². The van der Waals surface area contributed by atoms with Gasteiger partial charge in [0.2, 0.25) is 15.8 Å². The quantitative estimate of drug-likeness (QED) is 0.687. The molecule has 154 valence electrons. The molecule has 0 aliphatic carbocycles. The van der Waals surface area contributed by atoms with Crippen molar-refractivity contribution in [1.82, 2.24) is 9.97 Å². The lowest BCUT2D eigenvalue weighted by atomic mass is 10.1. The van der Waals surface area contributed by atoms with Crippen LogP contribution in [0.25, 0.3) is 0 Å². The number of anilines is 2. The molecule has 0 bridgehead atoms. The Morgan fingerprint density at radius 1 is 1.18 bits per heavy atom. The number of sulfone groups is 1. The van der Waals surface area contributed by atoms with Crippen LogP contribution < -0.4 is 15.4 Å². The Hall–Kier alpha value is -2.06. The van der Waals surface area contributed by atoms with Gasteiger partial charge in [0.1, 0.15) is 16.5 Å². The molecule has 28 heavy (non-hydrogen) atoms. The van der Waals surface area contributed by atoms with E-state index in [1.54, 1.807) is 0 Å². The van der Waals surface area contributed by atoms with Crippen LogP contribution in [0.5, 0.6) is 5.75 Å². The number of rotatable bonds is 8. The number of aromatic nitrogens is 2. The Morgan fingerprint density at radius 3 is 2.25 bits per heavy atom. The SMILES string of the molecule is COc1ccc(S(=O)(=O)c2cnc(N(CC(C)C)CC(C)C)nc2N)cc1Cl. The van der Waals surface area contributed by atoms with Crippen LogP contribution >= 0.6 is 11.6 Å². The van der Waals surface area contributed by atoms with Crippen LogP contribution in [0.4, 0.5) is 11.8 Å². The van der Waals surface area contributed by atoms with Crippen molar-refractivity contribution in [1.29, 1.82) is 0 Å². The van der Waals surface area contributed by atoms with E-state index in [0.717, 1.165) is 13.1 Å². The molecule has 0 atom stereocenters. The summed E-state index contributed by atoms with van der Waals surface area (Å²) in [5.41, 5.74) is 6.02. The summed E-state index contributed by atoms with van der Waals surface area (Å²) < 4.78 is 31.0. The number of nitrogen functional groups attached to an aromatic ring is 1. The van der Waals surface area contributed by atoms with Crippen LogP contribution in [0.15, 0.2) is 34.2 Å². The van der Waals surface area contributed by atoms with Crippen molar-refractivity contribution >= 4 is 33.2 Å². The van der Waals surface area contributed by atoms with Crippen LogP contribution in [0, 0.1) is 11.8 Å². The lowest BCUT2D eigenvalue weighted by Gasteiger charge is -2.26. The van der Waals surface area contributed by atoms with Gasteiger partial charge in [0.05, 0.1) is 23.2 Å². The van der Waals surface area contributed by atoms with Crippen LogP contribution in [0.3, 0.4) is 0 Å². The summed E-state index contributed by atoms with van der Waals surface area (Å²) in [5, 5.41) is 0.194. The van der Waals surface area contributed by atoms with Crippen molar-refractivity contribution in [2.24, 2.45) is 11.8 Å². The monoisotopic (exact) mass is 426 g/mol. The molecule has 0 saturated heterocycles. The number of hydrogen-bond donors (Lipinski definition) is 1. The van der Waals surface area contributed by atoms with Gasteiger partial charge in [0.15, 0.2) is 0 Å². The topological polar surface area (TPSA) is 98.4 Å². The summed E-state index contributed by atoms with van der Waals surface area (Å²) in [5.74, 6) is 1.51. The molecule has 1 heterocycles. The molecule has 0 fully saturated rings. The van der Waals surface area contributed by atoms with Crippen LogP contribution in [-0.4, -0.2) is 38.6 Å². The molecule has 2 N–H and O–H groups in total. The second-order valence-electron chi connectivity index (χ2n) is 7.41. The van der Waals surface area contributed by atoms with E-state index in [2.05, 4.69) is 37.7 Å². The van der Waals surface area contributed by atoms with Crippen molar-refractivity contribution in [3.05, 3.63) is 29.4 Å². The van der Waals surface area contributed by atoms with Gasteiger partial charge in [-0.3, -0.25) is 0 Å². The largest absolute Gasteiger partial charge is 0.495 e. The van der Waals surface area contributed by atoms with Gasteiger partial charge in [0, 0.05) is 13.1 Å². The molecular weight excluding hydrogens is 400 g/mol. The third-order valence-electron chi connectivity index (χ3n) is 3.95. The number of ether oxygens (including phenoxy) is 1. The van der Waals surface area contributed by atoms with E-state index >= 15 is 0 Å². The van der Waals surface area contributed by atoms with Gasteiger partial charge in [0.25, 0.3) is 0 Å². The average molecular weight is 427 g/mol. The Bertz CT molecular complexity index is 923. The highest BCUT2D eigenvalue weighted by atomic mass is 35.5. The molecule has 0 saturated carbocycles. The van der Waals surface area contributed by atoms with E-state index in [-0.39, 0.29) is 20.6 Å². The fourth-order valence-electron chi connectivity index (χ4n) is 2.79. The molecule has 9 heteroatoms. The fourth-order valence-corrected chi connectivity index (χ4v) is 4.40. The van der Waals surface area contributed by atoms with E-state index in [9.17, 15) is 8.42 Å². The smallest absolute Gasteiger partial charge is 0.227 e. The minimum Gasteiger partial charge on any atom is -0.495 e. The molecular formula is C19H27ClN4O3S. The number of halogens is 1. The van der Waals surface area contributed by atoms with Gasteiger partial charge >= 0.3 is 0 Å². The maximum atomic E-state index is 13.0. The number of benzene rings is 1. The normalized spacial score (nSPS) is 11.9. The van der Waals surface area contributed by atoms with Crippen LogP contribution in [-0.2, 0) is 9.84 Å². The van der Waals surface area contributed by atoms with E-state index in [0.29, 0.717) is 23.5 Å². The van der Waals surface area contributed by atoms with Crippen molar-refractivity contribution in [3.63, 3.8) is 0 Å². The second-order valence-corrected chi connectivity index (χ2v) is 9.74. The first-order valence-corrected chi connectivity index (χ1v) is 10.9. The van der Waals surface area contributed by atoms with Crippen molar-refractivity contribution < 1.29 is 13.2 Å². The third-order valence-corrected chi connectivity index (χ3v) is 6.01. The average Bonchev–Trinajstić information content (AvgIpc) is 2.59. The van der Waals surface area contributed by atoms with E-state index < -0.39 is 9.84 Å². The predicted octanol–water partition coefficient (Wildman–Crippen LogP) is 3.67. The zero-order valence-electron chi connectivity index (χ0n) is 16.8. The zero-order chi connectivity index (χ0) is 21.1. The predicted molar refractivity (Wildman–Crippen MR) is 112 cm³/mol. The van der Waals surface area contributed by atoms with Crippen molar-refractivity contribution in [2.45, 2.75) is 37.5 Å². The summed E-state index contributed by atoms with van der Waals surface area (Å²) in [7, 11) is -2.46. The maximum absolute atomic E-state index is 13.0. The molecule has 0 radical (unpaired) electrons. The van der Waals surface area contributed by atoms with E-state index in [4.69, 9.17) is 22.1 Å². The molecule has 2 rings (SSSR count). The Kier molecular flexibility index (Phi) is 7.11. The third kappa shape index (κ3) is 5.05. The second kappa shape index (κ2) is 8.96. The summed E-state index contributed by atoms with van der Waals surface area (Å²) in [4.78, 5) is 10.5. The standard InChI is InChI=1S/C19H27ClN4O3S/c1-12(2)10-24(11-13(3)4)19-22-9-17(18(21)23-19)28(25,26)14-6-7-16(27-5)15(20)8-14/h6-9,12-13H,10-11H2,1-5H3,(H2,21,22,23). The highest BCUT2D eigenvalue weighted by molar-refractivity contribution is 7.91. The molecule has 1 aromatic carbocycles. The number of nitrogens with two attached hydrogens (primary N) is 1. The van der Waals surface area contributed by atoms with Crippen molar-refractivity contribution in [2.75, 3.05) is 30.8 Å².